The van der Waals surface area contributed by atoms with E-state index in [0.29, 0.717) is 19.6 Å². The van der Waals surface area contributed by atoms with Crippen molar-refractivity contribution in [2.75, 3.05) is 25.1 Å². The number of nitrogens with one attached hydrogen (secondary N) is 2. The molecule has 0 atom stereocenters. The third-order valence-corrected chi connectivity index (χ3v) is 2.53. The fourth-order valence-electron chi connectivity index (χ4n) is 1.58. The fourth-order valence-corrected chi connectivity index (χ4v) is 1.58. The molecule has 0 heterocycles. The highest BCUT2D eigenvalue weighted by atomic mass is 16.5. The number of ether oxygens (including phenoxy) is 1. The van der Waals surface area contributed by atoms with Crippen molar-refractivity contribution in [3.63, 3.8) is 0 Å². The summed E-state index contributed by atoms with van der Waals surface area (Å²) in [6.07, 6.45) is 0.392. The number of benzene rings is 1. The highest BCUT2D eigenvalue weighted by Crippen LogP contribution is 2.14. The van der Waals surface area contributed by atoms with Crippen LogP contribution in [0.15, 0.2) is 24.3 Å². The average Bonchev–Trinajstić information content (AvgIpc) is 2.38. The molecule has 0 radical (unpaired) electrons. The van der Waals surface area contributed by atoms with Crippen LogP contribution in [-0.2, 0) is 16.1 Å². The normalized spacial score (nSPS) is 10.3. The zero-order chi connectivity index (χ0) is 13.2. The topological polar surface area (TPSA) is 50.4 Å². The van der Waals surface area contributed by atoms with Crippen molar-refractivity contribution in [3.05, 3.63) is 29.8 Å². The Hall–Kier alpha value is -1.39. The zero-order valence-electron chi connectivity index (χ0n) is 11.2. The molecule has 4 heteroatoms. The van der Waals surface area contributed by atoms with Gasteiger partial charge in [-0.3, -0.25) is 4.79 Å². The van der Waals surface area contributed by atoms with Crippen molar-refractivity contribution in [2.24, 2.45) is 0 Å². The first-order chi connectivity index (χ1) is 8.77. The minimum Gasteiger partial charge on any atom is -0.381 e. The smallest absolute Gasteiger partial charge is 0.226 e. The highest BCUT2D eigenvalue weighted by Gasteiger charge is 2.05. The van der Waals surface area contributed by atoms with E-state index in [1.807, 2.05) is 31.2 Å². The molecule has 0 aliphatic heterocycles. The molecule has 0 spiro atoms. The number of amides is 1. The van der Waals surface area contributed by atoms with Crippen molar-refractivity contribution < 1.29 is 9.53 Å². The molecule has 0 aliphatic rings. The summed E-state index contributed by atoms with van der Waals surface area (Å²) in [4.78, 5) is 11.7. The van der Waals surface area contributed by atoms with Crippen LogP contribution in [-0.4, -0.2) is 25.7 Å². The van der Waals surface area contributed by atoms with Gasteiger partial charge in [0.15, 0.2) is 0 Å². The van der Waals surface area contributed by atoms with E-state index in [4.69, 9.17) is 4.74 Å². The van der Waals surface area contributed by atoms with E-state index in [9.17, 15) is 4.79 Å². The van der Waals surface area contributed by atoms with Crippen LogP contribution < -0.4 is 10.6 Å². The lowest BCUT2D eigenvalue weighted by atomic mass is 10.1. The summed E-state index contributed by atoms with van der Waals surface area (Å²) in [5.41, 5.74) is 1.98. The maximum absolute atomic E-state index is 11.7. The van der Waals surface area contributed by atoms with Crippen LogP contribution in [0.25, 0.3) is 0 Å². The van der Waals surface area contributed by atoms with E-state index in [-0.39, 0.29) is 5.91 Å². The number of carbonyl (C=O) groups excluding carboxylic acids is 1. The molecular formula is C14H22N2O2. The molecule has 0 fully saturated rings. The molecule has 100 valence electrons. The first-order valence-electron chi connectivity index (χ1n) is 6.44. The fraction of sp³-hybridized carbons (Fsp3) is 0.500. The van der Waals surface area contributed by atoms with E-state index < -0.39 is 0 Å². The molecule has 1 amide bonds. The largest absolute Gasteiger partial charge is 0.381 e. The van der Waals surface area contributed by atoms with E-state index in [1.54, 1.807) is 0 Å². The van der Waals surface area contributed by atoms with Crippen molar-refractivity contribution >= 4 is 11.6 Å². The Bertz CT molecular complexity index is 367. The summed E-state index contributed by atoms with van der Waals surface area (Å²) >= 11 is 0. The summed E-state index contributed by atoms with van der Waals surface area (Å²) in [6.45, 7) is 6.76. The molecule has 1 aromatic rings. The van der Waals surface area contributed by atoms with Gasteiger partial charge in [-0.1, -0.05) is 25.1 Å². The summed E-state index contributed by atoms with van der Waals surface area (Å²) in [5.74, 6) is -0.00704. The van der Waals surface area contributed by atoms with Crippen LogP contribution >= 0.6 is 0 Å². The Labute approximate surface area is 109 Å². The van der Waals surface area contributed by atoms with Crippen LogP contribution in [0.3, 0.4) is 0 Å². The number of anilines is 1. The molecule has 2 N–H and O–H groups in total. The van der Waals surface area contributed by atoms with Gasteiger partial charge in [0.25, 0.3) is 0 Å². The zero-order valence-corrected chi connectivity index (χ0v) is 11.2. The van der Waals surface area contributed by atoms with E-state index >= 15 is 0 Å². The first-order valence-corrected chi connectivity index (χ1v) is 6.44. The third-order valence-electron chi connectivity index (χ3n) is 2.53. The minimum absolute atomic E-state index is 0.00704. The summed E-state index contributed by atoms with van der Waals surface area (Å²) in [5, 5.41) is 6.17. The van der Waals surface area contributed by atoms with Crippen LogP contribution in [0.2, 0.25) is 0 Å². The second kappa shape index (κ2) is 8.66. The van der Waals surface area contributed by atoms with E-state index in [1.165, 1.54) is 0 Å². The highest BCUT2D eigenvalue weighted by molar-refractivity contribution is 5.91. The van der Waals surface area contributed by atoms with Crippen molar-refractivity contribution in [3.8, 4) is 0 Å². The Morgan fingerprint density at radius 1 is 1.28 bits per heavy atom. The Morgan fingerprint density at radius 3 is 2.78 bits per heavy atom. The number of hydrogen-bond acceptors (Lipinski definition) is 3. The molecule has 4 nitrogen and oxygen atoms in total. The SMILES string of the molecule is CCNCc1ccccc1NC(=O)CCOCC. The van der Waals surface area contributed by atoms with Gasteiger partial charge < -0.3 is 15.4 Å². The second-order valence-corrected chi connectivity index (χ2v) is 3.93. The first kappa shape index (κ1) is 14.7. The minimum atomic E-state index is -0.00704. The Kier molecular flexibility index (Phi) is 7.06. The van der Waals surface area contributed by atoms with Crippen molar-refractivity contribution in [1.82, 2.24) is 5.32 Å². The molecule has 0 aliphatic carbocycles. The molecule has 1 aromatic carbocycles. The van der Waals surface area contributed by atoms with Gasteiger partial charge >= 0.3 is 0 Å². The molecule has 0 saturated heterocycles. The van der Waals surface area contributed by atoms with E-state index in [0.717, 1.165) is 24.3 Å². The van der Waals surface area contributed by atoms with Gasteiger partial charge in [0, 0.05) is 18.8 Å². The Morgan fingerprint density at radius 2 is 2.06 bits per heavy atom. The maximum atomic E-state index is 11.7. The van der Waals surface area contributed by atoms with Gasteiger partial charge in [0.2, 0.25) is 5.91 Å². The summed E-state index contributed by atoms with van der Waals surface area (Å²) in [6, 6.07) is 7.84. The van der Waals surface area contributed by atoms with Crippen LogP contribution in [0.5, 0.6) is 0 Å². The number of para-hydroxylation sites is 1. The lowest BCUT2D eigenvalue weighted by molar-refractivity contribution is -0.117. The molecule has 0 saturated carbocycles. The maximum Gasteiger partial charge on any atom is 0.226 e. The molecule has 18 heavy (non-hydrogen) atoms. The molecule has 0 unspecified atom stereocenters. The lowest BCUT2D eigenvalue weighted by Crippen LogP contribution is -2.18. The van der Waals surface area contributed by atoms with Gasteiger partial charge in [-0.2, -0.15) is 0 Å². The van der Waals surface area contributed by atoms with Crippen LogP contribution in [0.1, 0.15) is 25.8 Å². The molecule has 1 rings (SSSR count). The Balaban J connectivity index is 2.51. The number of hydrogen-bond donors (Lipinski definition) is 2. The summed E-state index contributed by atoms with van der Waals surface area (Å²) in [7, 11) is 0. The van der Waals surface area contributed by atoms with Gasteiger partial charge in [-0.25, -0.2) is 0 Å². The van der Waals surface area contributed by atoms with E-state index in [2.05, 4.69) is 17.6 Å². The second-order valence-electron chi connectivity index (χ2n) is 3.93. The van der Waals surface area contributed by atoms with Crippen molar-refractivity contribution in [1.29, 1.82) is 0 Å². The van der Waals surface area contributed by atoms with Crippen LogP contribution in [0, 0.1) is 0 Å². The predicted octanol–water partition coefficient (Wildman–Crippen LogP) is 2.16. The number of rotatable bonds is 8. The standard InChI is InChI=1S/C14H22N2O2/c1-3-15-11-12-7-5-6-8-13(12)16-14(17)9-10-18-4-2/h5-8,15H,3-4,9-11H2,1-2H3,(H,16,17). The van der Waals surface area contributed by atoms with Gasteiger partial charge in [0.1, 0.15) is 0 Å². The third kappa shape index (κ3) is 5.29. The monoisotopic (exact) mass is 250 g/mol. The molecule has 0 bridgehead atoms. The molecule has 0 aromatic heterocycles. The lowest BCUT2D eigenvalue weighted by Gasteiger charge is -2.11. The summed E-state index contributed by atoms with van der Waals surface area (Å²) < 4.78 is 5.16. The number of carbonyl (C=O) groups is 1. The predicted molar refractivity (Wildman–Crippen MR) is 73.6 cm³/mol. The van der Waals surface area contributed by atoms with Crippen molar-refractivity contribution in [2.45, 2.75) is 26.8 Å². The molecular weight excluding hydrogens is 228 g/mol. The quantitative estimate of drug-likeness (QED) is 0.695. The van der Waals surface area contributed by atoms with Gasteiger partial charge in [-0.05, 0) is 25.1 Å². The average molecular weight is 250 g/mol. The van der Waals surface area contributed by atoms with Gasteiger partial charge in [-0.15, -0.1) is 0 Å². The van der Waals surface area contributed by atoms with Crippen LogP contribution in [0.4, 0.5) is 5.69 Å². The van der Waals surface area contributed by atoms with Gasteiger partial charge in [0.05, 0.1) is 13.0 Å².